The molecule has 4 aliphatic rings. The molecule has 1 aliphatic carbocycles. The Morgan fingerprint density at radius 1 is 1.02 bits per heavy atom. The molecule has 1 atom stereocenters. The monoisotopic (exact) mass is 683 g/mol. The Hall–Kier alpha value is -4.55. The van der Waals surface area contributed by atoms with Crippen LogP contribution >= 0.6 is 0 Å². The number of benzene rings is 1. The first-order valence-electron chi connectivity index (χ1n) is 17.8. The lowest BCUT2D eigenvalue weighted by atomic mass is 9.95. The van der Waals surface area contributed by atoms with Gasteiger partial charge in [0.25, 0.3) is 11.5 Å². The molecule has 1 amide bonds. The number of piperazine rings is 1. The first-order valence-corrected chi connectivity index (χ1v) is 17.8. The van der Waals surface area contributed by atoms with E-state index in [1.54, 1.807) is 19.3 Å². The number of carbonyl (C=O) groups excluding carboxylic acids is 1. The van der Waals surface area contributed by atoms with E-state index in [4.69, 9.17) is 4.74 Å². The standard InChI is InChI=1S/C38H43F2N7O3/c1-4-28-30(16-25(39)17-33(28)47-14-13-46-32-8-6-5-7-29(32)35(40)36(46)38(47)49)24-15-31(37(48)43(3)20-24)42-34-10-9-26(18-41-34)45-12-11-44(19-23(45)2)27-21-50-22-27/h9-10,15-18,20,23,27H,4-8,11-14,19,21-22H2,1-3H3,(H,41,42)/t23-/m0/s1. The van der Waals surface area contributed by atoms with E-state index in [2.05, 4.69) is 27.0 Å². The van der Waals surface area contributed by atoms with Crippen molar-refractivity contribution in [1.82, 2.24) is 19.0 Å². The van der Waals surface area contributed by atoms with Gasteiger partial charge < -0.3 is 29.0 Å². The van der Waals surface area contributed by atoms with Gasteiger partial charge in [-0.2, -0.15) is 0 Å². The van der Waals surface area contributed by atoms with E-state index < -0.39 is 17.5 Å². The summed E-state index contributed by atoms with van der Waals surface area (Å²) in [7, 11) is 1.66. The lowest BCUT2D eigenvalue weighted by Crippen LogP contribution is -2.59. The quantitative estimate of drug-likeness (QED) is 0.284. The first kappa shape index (κ1) is 32.6. The average molecular weight is 684 g/mol. The second-order valence-electron chi connectivity index (χ2n) is 14.0. The van der Waals surface area contributed by atoms with Crippen LogP contribution in [0.1, 0.15) is 54.0 Å². The molecule has 0 bridgehead atoms. The Labute approximate surface area is 290 Å². The number of rotatable bonds is 7. The molecular formula is C38H43F2N7O3. The van der Waals surface area contributed by atoms with Gasteiger partial charge in [0.05, 0.1) is 36.8 Å². The summed E-state index contributed by atoms with van der Waals surface area (Å²) in [4.78, 5) is 38.3. The number of halogens is 2. The van der Waals surface area contributed by atoms with E-state index >= 15 is 8.78 Å². The number of nitrogens with one attached hydrogen (secondary N) is 1. The molecule has 2 fully saturated rings. The van der Waals surface area contributed by atoms with Crippen molar-refractivity contribution >= 4 is 28.8 Å². The van der Waals surface area contributed by atoms with Crippen LogP contribution in [0.25, 0.3) is 11.1 Å². The fourth-order valence-electron chi connectivity index (χ4n) is 8.28. The van der Waals surface area contributed by atoms with Gasteiger partial charge in [0.15, 0.2) is 5.82 Å². The van der Waals surface area contributed by atoms with Gasteiger partial charge in [-0.05, 0) is 80.5 Å². The van der Waals surface area contributed by atoms with E-state index in [9.17, 15) is 9.59 Å². The molecule has 3 aliphatic heterocycles. The van der Waals surface area contributed by atoms with Crippen molar-refractivity contribution in [3.8, 4) is 11.1 Å². The second-order valence-corrected chi connectivity index (χ2v) is 14.0. The molecule has 0 unspecified atom stereocenters. The average Bonchev–Trinajstić information content (AvgIpc) is 3.38. The third-order valence-electron chi connectivity index (χ3n) is 11.0. The number of anilines is 4. The maximum Gasteiger partial charge on any atom is 0.278 e. The fourth-order valence-corrected chi connectivity index (χ4v) is 8.28. The number of amides is 1. The zero-order valence-corrected chi connectivity index (χ0v) is 28.8. The highest BCUT2D eigenvalue weighted by atomic mass is 19.1. The van der Waals surface area contributed by atoms with E-state index in [0.29, 0.717) is 71.9 Å². The lowest BCUT2D eigenvalue weighted by molar-refractivity contribution is -0.0691. The van der Waals surface area contributed by atoms with Crippen LogP contribution in [0.15, 0.2) is 47.5 Å². The minimum absolute atomic E-state index is 0.0728. The van der Waals surface area contributed by atoms with E-state index in [1.165, 1.54) is 21.6 Å². The highest BCUT2D eigenvalue weighted by Crippen LogP contribution is 2.38. The highest BCUT2D eigenvalue weighted by molar-refractivity contribution is 6.07. The normalized spacial score (nSPS) is 19.7. The Morgan fingerprint density at radius 2 is 1.84 bits per heavy atom. The van der Waals surface area contributed by atoms with E-state index in [0.717, 1.165) is 69.1 Å². The van der Waals surface area contributed by atoms with Gasteiger partial charge in [-0.25, -0.2) is 13.8 Å². The number of fused-ring (bicyclic) bond motifs is 3. The van der Waals surface area contributed by atoms with Crippen molar-refractivity contribution in [3.63, 3.8) is 0 Å². The van der Waals surface area contributed by atoms with Gasteiger partial charge >= 0.3 is 0 Å². The smallest absolute Gasteiger partial charge is 0.278 e. The van der Waals surface area contributed by atoms with Gasteiger partial charge in [0.2, 0.25) is 0 Å². The highest BCUT2D eigenvalue weighted by Gasteiger charge is 2.36. The summed E-state index contributed by atoms with van der Waals surface area (Å²) in [5.74, 6) is -0.882. The Kier molecular flexibility index (Phi) is 8.46. The summed E-state index contributed by atoms with van der Waals surface area (Å²) in [5.41, 5.74) is 5.06. The number of carbonyl (C=O) groups is 1. The molecule has 4 aromatic rings. The maximum absolute atomic E-state index is 15.6. The first-order chi connectivity index (χ1) is 24.2. The number of nitrogens with zero attached hydrogens (tertiary/aromatic N) is 6. The number of hydrogen-bond donors (Lipinski definition) is 1. The minimum atomic E-state index is -0.516. The summed E-state index contributed by atoms with van der Waals surface area (Å²) < 4.78 is 39.8. The predicted octanol–water partition coefficient (Wildman–Crippen LogP) is 5.28. The van der Waals surface area contributed by atoms with Crippen molar-refractivity contribution in [3.05, 3.63) is 87.2 Å². The maximum atomic E-state index is 15.6. The number of aromatic nitrogens is 3. The molecule has 6 heterocycles. The molecule has 0 radical (unpaired) electrons. The van der Waals surface area contributed by atoms with E-state index in [1.807, 2.05) is 29.8 Å². The van der Waals surface area contributed by atoms with Crippen LogP contribution in [-0.4, -0.2) is 76.4 Å². The zero-order chi connectivity index (χ0) is 34.7. The van der Waals surface area contributed by atoms with Crippen molar-refractivity contribution in [2.24, 2.45) is 7.05 Å². The molecule has 10 nitrogen and oxygen atoms in total. The second kappa shape index (κ2) is 13.0. The topological polar surface area (TPSA) is 87.9 Å². The van der Waals surface area contributed by atoms with Crippen molar-refractivity contribution in [1.29, 1.82) is 0 Å². The van der Waals surface area contributed by atoms with Crippen LogP contribution in [0.4, 0.5) is 31.7 Å². The minimum Gasteiger partial charge on any atom is -0.378 e. The molecule has 1 N–H and O–H groups in total. The van der Waals surface area contributed by atoms with Crippen LogP contribution in [0.2, 0.25) is 0 Å². The fraction of sp³-hybridized carbons (Fsp3) is 0.447. The lowest BCUT2D eigenvalue weighted by Gasteiger charge is -2.46. The molecular weight excluding hydrogens is 640 g/mol. The van der Waals surface area contributed by atoms with Gasteiger partial charge in [-0.3, -0.25) is 14.5 Å². The molecule has 2 saturated heterocycles. The van der Waals surface area contributed by atoms with Crippen LogP contribution in [-0.2, 0) is 37.6 Å². The van der Waals surface area contributed by atoms with Crippen LogP contribution in [0.5, 0.6) is 0 Å². The van der Waals surface area contributed by atoms with Crippen molar-refractivity contribution in [2.45, 2.75) is 64.6 Å². The Morgan fingerprint density at radius 3 is 2.56 bits per heavy atom. The largest absolute Gasteiger partial charge is 0.378 e. The molecule has 3 aromatic heterocycles. The van der Waals surface area contributed by atoms with Gasteiger partial charge in [-0.1, -0.05) is 6.92 Å². The van der Waals surface area contributed by atoms with E-state index in [-0.39, 0.29) is 11.3 Å². The summed E-state index contributed by atoms with van der Waals surface area (Å²) in [6.07, 6.45) is 7.28. The van der Waals surface area contributed by atoms with Crippen molar-refractivity contribution < 1.29 is 18.3 Å². The Balaban J connectivity index is 1.07. The number of ether oxygens (including phenoxy) is 1. The summed E-state index contributed by atoms with van der Waals surface area (Å²) in [6.45, 7) is 9.40. The molecule has 1 aromatic carbocycles. The molecule has 12 heteroatoms. The molecule has 0 saturated carbocycles. The third kappa shape index (κ3) is 5.58. The SMILES string of the molecule is CCc1c(-c2cc(Nc3ccc(N4CCN(C5COC5)C[C@@H]4C)cn3)c(=O)n(C)c2)cc(F)cc1N1CCn2c3c(c(F)c2C1=O)CCCC3. The van der Waals surface area contributed by atoms with Crippen LogP contribution in [0, 0.1) is 11.6 Å². The molecule has 0 spiro atoms. The predicted molar refractivity (Wildman–Crippen MR) is 190 cm³/mol. The molecule has 8 rings (SSSR count). The number of aryl methyl sites for hydroxylation is 1. The Bertz CT molecular complexity index is 2020. The number of hydrogen-bond acceptors (Lipinski definition) is 7. The van der Waals surface area contributed by atoms with Crippen molar-refractivity contribution in [2.75, 3.05) is 54.5 Å². The summed E-state index contributed by atoms with van der Waals surface area (Å²) in [6, 6.07) is 9.24. The van der Waals surface area contributed by atoms with Crippen LogP contribution in [0.3, 0.4) is 0 Å². The summed E-state index contributed by atoms with van der Waals surface area (Å²) in [5, 5.41) is 3.19. The van der Waals surface area contributed by atoms with Gasteiger partial charge in [-0.15, -0.1) is 0 Å². The van der Waals surface area contributed by atoms with Gasteiger partial charge in [0.1, 0.15) is 23.0 Å². The zero-order valence-electron chi connectivity index (χ0n) is 28.8. The third-order valence-corrected chi connectivity index (χ3v) is 11.0. The van der Waals surface area contributed by atoms with Crippen LogP contribution < -0.4 is 20.7 Å². The molecule has 50 heavy (non-hydrogen) atoms. The molecule has 262 valence electrons. The van der Waals surface area contributed by atoms with Gasteiger partial charge in [0, 0.05) is 68.8 Å². The summed E-state index contributed by atoms with van der Waals surface area (Å²) >= 11 is 0. The number of pyridine rings is 2.